The molecule has 2 N–H and O–H groups in total. The number of benzene rings is 2. The second-order valence-electron chi connectivity index (χ2n) is 6.37. The molecule has 0 spiro atoms. The van der Waals surface area contributed by atoms with Gasteiger partial charge in [0.15, 0.2) is 11.5 Å². The minimum atomic E-state index is 0.335. The average molecular weight is 436 g/mol. The summed E-state index contributed by atoms with van der Waals surface area (Å²) in [4.78, 5) is 0. The van der Waals surface area contributed by atoms with Crippen LogP contribution in [0, 0.1) is 4.77 Å². The van der Waals surface area contributed by atoms with Gasteiger partial charge in [-0.3, -0.25) is 5.10 Å². The Hall–Kier alpha value is -3.92. The summed E-state index contributed by atoms with van der Waals surface area (Å²) in [6.45, 7) is 0. The molecule has 31 heavy (non-hydrogen) atoms. The lowest BCUT2D eigenvalue weighted by molar-refractivity contribution is 0.324. The number of hydrogen-bond acceptors (Lipinski definition) is 7. The minimum absolute atomic E-state index is 0.335. The molecule has 0 amide bonds. The van der Waals surface area contributed by atoms with E-state index in [-0.39, 0.29) is 0 Å². The third kappa shape index (κ3) is 3.92. The highest BCUT2D eigenvalue weighted by molar-refractivity contribution is 7.71. The van der Waals surface area contributed by atoms with Crippen LogP contribution in [-0.4, -0.2) is 52.6 Å². The maximum Gasteiger partial charge on any atom is 0.216 e. The van der Waals surface area contributed by atoms with Crippen LogP contribution < -0.4 is 14.2 Å². The first-order chi connectivity index (χ1) is 15.2. The highest BCUT2D eigenvalue weighted by Gasteiger charge is 2.16. The molecule has 4 rings (SSSR count). The van der Waals surface area contributed by atoms with Crippen molar-refractivity contribution in [2.75, 3.05) is 21.3 Å². The Labute approximate surface area is 183 Å². The minimum Gasteiger partial charge on any atom is -0.493 e. The van der Waals surface area contributed by atoms with E-state index >= 15 is 0 Å². The van der Waals surface area contributed by atoms with Crippen LogP contribution in [0.2, 0.25) is 0 Å². The standard InChI is InChI=1S/C21H20N6O3S/c1-28-17-10-9-14(18(29-2)19(17)30-3)12-22-27-20(25-26-21(27)31)16-11-15(23-24-16)13-7-5-4-6-8-13/h4-12H,1-3H3,(H,23,24)(H,26,31)/b22-12-. The number of ether oxygens (including phenoxy) is 3. The van der Waals surface area contributed by atoms with E-state index in [2.05, 4.69) is 25.5 Å². The van der Waals surface area contributed by atoms with Crippen molar-refractivity contribution in [1.29, 1.82) is 0 Å². The lowest BCUT2D eigenvalue weighted by Crippen LogP contribution is -2.00. The Kier molecular flexibility index (Phi) is 5.80. The van der Waals surface area contributed by atoms with E-state index in [9.17, 15) is 0 Å². The number of hydrogen-bond donors (Lipinski definition) is 2. The fourth-order valence-electron chi connectivity index (χ4n) is 3.11. The van der Waals surface area contributed by atoms with E-state index in [1.54, 1.807) is 33.6 Å². The third-order valence-electron chi connectivity index (χ3n) is 4.59. The first-order valence-electron chi connectivity index (χ1n) is 9.28. The Morgan fingerprint density at radius 1 is 0.935 bits per heavy atom. The SMILES string of the molecule is COc1ccc(/C=N\n2c(-c3cc(-c4ccccc4)n[nH]3)n[nH]c2=S)c(OC)c1OC. The molecule has 0 unspecified atom stereocenters. The molecule has 4 aromatic rings. The predicted octanol–water partition coefficient (Wildman–Crippen LogP) is 3.91. The van der Waals surface area contributed by atoms with E-state index in [0.29, 0.717) is 39.1 Å². The molecule has 0 aliphatic carbocycles. The molecule has 0 saturated carbocycles. The molecule has 0 fully saturated rings. The number of nitrogens with zero attached hydrogens (tertiary/aromatic N) is 4. The van der Waals surface area contributed by atoms with Crippen LogP contribution >= 0.6 is 12.2 Å². The summed E-state index contributed by atoms with van der Waals surface area (Å²) in [6, 6.07) is 15.3. The van der Waals surface area contributed by atoms with E-state index in [1.165, 1.54) is 4.68 Å². The summed E-state index contributed by atoms with van der Waals surface area (Å²) >= 11 is 5.36. The Morgan fingerprint density at radius 2 is 1.71 bits per heavy atom. The van der Waals surface area contributed by atoms with Gasteiger partial charge in [-0.05, 0) is 30.4 Å². The van der Waals surface area contributed by atoms with Gasteiger partial charge in [-0.15, -0.1) is 0 Å². The van der Waals surface area contributed by atoms with Gasteiger partial charge in [0.05, 0.1) is 33.2 Å². The highest BCUT2D eigenvalue weighted by atomic mass is 32.1. The van der Waals surface area contributed by atoms with Gasteiger partial charge < -0.3 is 14.2 Å². The number of aromatic amines is 2. The Bertz CT molecular complexity index is 1280. The van der Waals surface area contributed by atoms with Gasteiger partial charge in [-0.25, -0.2) is 5.10 Å². The molecule has 2 heterocycles. The number of nitrogens with one attached hydrogen (secondary N) is 2. The first kappa shape index (κ1) is 20.4. The monoisotopic (exact) mass is 436 g/mol. The second-order valence-corrected chi connectivity index (χ2v) is 6.75. The van der Waals surface area contributed by atoms with Gasteiger partial charge in [0.2, 0.25) is 16.3 Å². The molecular formula is C21H20N6O3S. The second kappa shape index (κ2) is 8.84. The van der Waals surface area contributed by atoms with Gasteiger partial charge in [-0.1, -0.05) is 30.3 Å². The molecule has 10 heteroatoms. The zero-order chi connectivity index (χ0) is 21.8. The lowest BCUT2D eigenvalue weighted by atomic mass is 10.1. The summed E-state index contributed by atoms with van der Waals surface area (Å²) in [5, 5.41) is 18.9. The Balaban J connectivity index is 1.71. The van der Waals surface area contributed by atoms with Gasteiger partial charge in [0, 0.05) is 11.1 Å². The van der Waals surface area contributed by atoms with Crippen LogP contribution in [0.4, 0.5) is 0 Å². The van der Waals surface area contributed by atoms with E-state index in [0.717, 1.165) is 11.3 Å². The maximum atomic E-state index is 5.51. The number of H-pyrrole nitrogens is 2. The highest BCUT2D eigenvalue weighted by Crippen LogP contribution is 2.39. The molecule has 0 aliphatic rings. The van der Waals surface area contributed by atoms with Crippen LogP contribution in [0.5, 0.6) is 17.2 Å². The Morgan fingerprint density at radius 3 is 2.42 bits per heavy atom. The van der Waals surface area contributed by atoms with E-state index in [1.807, 2.05) is 42.5 Å². The van der Waals surface area contributed by atoms with Crippen molar-refractivity contribution in [2.45, 2.75) is 0 Å². The molecule has 0 bridgehead atoms. The van der Waals surface area contributed by atoms with Crippen LogP contribution in [-0.2, 0) is 0 Å². The summed E-state index contributed by atoms with van der Waals surface area (Å²) < 4.78 is 18.1. The van der Waals surface area contributed by atoms with Crippen molar-refractivity contribution < 1.29 is 14.2 Å². The largest absolute Gasteiger partial charge is 0.493 e. The molecule has 158 valence electrons. The van der Waals surface area contributed by atoms with Gasteiger partial charge in [0.1, 0.15) is 5.69 Å². The van der Waals surface area contributed by atoms with Gasteiger partial charge in [-0.2, -0.15) is 20.0 Å². The molecule has 2 aromatic carbocycles. The summed E-state index contributed by atoms with van der Waals surface area (Å²) in [7, 11) is 4.67. The van der Waals surface area contributed by atoms with Crippen LogP contribution in [0.3, 0.4) is 0 Å². The van der Waals surface area contributed by atoms with E-state index < -0.39 is 0 Å². The first-order valence-corrected chi connectivity index (χ1v) is 9.69. The van der Waals surface area contributed by atoms with E-state index in [4.69, 9.17) is 26.4 Å². The lowest BCUT2D eigenvalue weighted by Gasteiger charge is -2.13. The van der Waals surface area contributed by atoms with Crippen molar-refractivity contribution >= 4 is 18.4 Å². The summed E-state index contributed by atoms with van der Waals surface area (Å²) in [5.74, 6) is 2.03. The topological polar surface area (TPSA) is 102 Å². The fraction of sp³-hybridized carbons (Fsp3) is 0.143. The average Bonchev–Trinajstić information content (AvgIpc) is 3.44. The van der Waals surface area contributed by atoms with Crippen molar-refractivity contribution in [1.82, 2.24) is 25.1 Å². The van der Waals surface area contributed by atoms with Gasteiger partial charge in [0.25, 0.3) is 0 Å². The molecule has 0 aliphatic heterocycles. The molecular weight excluding hydrogens is 416 g/mol. The number of methoxy groups -OCH3 is 3. The normalized spacial score (nSPS) is 11.1. The van der Waals surface area contributed by atoms with Crippen molar-refractivity contribution in [3.05, 3.63) is 58.9 Å². The van der Waals surface area contributed by atoms with Crippen molar-refractivity contribution in [3.8, 4) is 40.0 Å². The number of aromatic nitrogens is 5. The predicted molar refractivity (Wildman–Crippen MR) is 120 cm³/mol. The zero-order valence-electron chi connectivity index (χ0n) is 17.1. The molecule has 0 atom stereocenters. The van der Waals surface area contributed by atoms with Crippen molar-refractivity contribution in [2.24, 2.45) is 5.10 Å². The molecule has 0 saturated heterocycles. The third-order valence-corrected chi connectivity index (χ3v) is 4.85. The molecule has 9 nitrogen and oxygen atoms in total. The van der Waals surface area contributed by atoms with Gasteiger partial charge >= 0.3 is 0 Å². The molecule has 0 radical (unpaired) electrons. The summed E-state index contributed by atoms with van der Waals surface area (Å²) in [6.07, 6.45) is 1.62. The van der Waals surface area contributed by atoms with Crippen LogP contribution in [0.1, 0.15) is 5.56 Å². The zero-order valence-corrected chi connectivity index (χ0v) is 17.9. The fourth-order valence-corrected chi connectivity index (χ4v) is 3.29. The smallest absolute Gasteiger partial charge is 0.216 e. The quantitative estimate of drug-likeness (QED) is 0.336. The maximum absolute atomic E-state index is 5.51. The van der Waals surface area contributed by atoms with Crippen LogP contribution in [0.25, 0.3) is 22.8 Å². The molecule has 2 aromatic heterocycles. The summed E-state index contributed by atoms with van der Waals surface area (Å²) in [5.41, 5.74) is 3.14. The number of rotatable bonds is 7. The van der Waals surface area contributed by atoms with Crippen molar-refractivity contribution in [3.63, 3.8) is 0 Å². The van der Waals surface area contributed by atoms with Crippen LogP contribution in [0.15, 0.2) is 53.6 Å².